The van der Waals surface area contributed by atoms with Crippen molar-refractivity contribution >= 4 is 20.9 Å². The van der Waals surface area contributed by atoms with E-state index >= 15 is 0 Å². The molecule has 0 aliphatic carbocycles. The van der Waals surface area contributed by atoms with Crippen LogP contribution in [0.2, 0.25) is 0 Å². The minimum absolute atomic E-state index is 0.118. The third kappa shape index (κ3) is 2.52. The maximum atomic E-state index is 11.0. The molecule has 5 nitrogen and oxygen atoms in total. The fraction of sp³-hybridized carbons (Fsp3) is 0.300. The van der Waals surface area contributed by atoms with Gasteiger partial charge in [0.05, 0.1) is 16.8 Å². The quantitative estimate of drug-likeness (QED) is 0.816. The Morgan fingerprint density at radius 2 is 1.88 bits per heavy atom. The summed E-state index contributed by atoms with van der Waals surface area (Å²) in [6.07, 6.45) is 1.67. The van der Waals surface area contributed by atoms with Crippen molar-refractivity contribution < 1.29 is 8.42 Å². The lowest BCUT2D eigenvalue weighted by atomic mass is 10.1. The lowest BCUT2D eigenvalue weighted by Gasteiger charge is -1.99. The second-order valence-electron chi connectivity index (χ2n) is 3.84. The standard InChI is InChI=1S/C10H12N2O3S/c1-16(14,15)5-4-7-2-3-8-9(6-7)12-10(13)11-8/h2-3,6H,4-5H2,1H3,(H2,11,12,13). The topological polar surface area (TPSA) is 82.8 Å². The van der Waals surface area contributed by atoms with Gasteiger partial charge in [-0.2, -0.15) is 0 Å². The smallest absolute Gasteiger partial charge is 0.306 e. The molecule has 6 heteroatoms. The Balaban J connectivity index is 2.29. The van der Waals surface area contributed by atoms with Gasteiger partial charge < -0.3 is 9.97 Å². The summed E-state index contributed by atoms with van der Waals surface area (Å²) in [5.74, 6) is 0.118. The van der Waals surface area contributed by atoms with E-state index < -0.39 is 9.84 Å². The number of fused-ring (bicyclic) bond motifs is 1. The zero-order valence-electron chi connectivity index (χ0n) is 8.78. The highest BCUT2D eigenvalue weighted by Crippen LogP contribution is 2.11. The van der Waals surface area contributed by atoms with E-state index in [4.69, 9.17) is 0 Å². The molecule has 0 saturated carbocycles. The van der Waals surface area contributed by atoms with Crippen molar-refractivity contribution in [2.75, 3.05) is 12.0 Å². The third-order valence-corrected chi connectivity index (χ3v) is 3.29. The van der Waals surface area contributed by atoms with Crippen molar-refractivity contribution in [3.8, 4) is 0 Å². The van der Waals surface area contributed by atoms with Gasteiger partial charge in [-0.05, 0) is 24.1 Å². The molecule has 0 saturated heterocycles. The SMILES string of the molecule is CS(=O)(=O)CCc1ccc2[nH]c(=O)[nH]c2c1. The Morgan fingerprint density at radius 3 is 2.56 bits per heavy atom. The predicted molar refractivity (Wildman–Crippen MR) is 62.3 cm³/mol. The Morgan fingerprint density at radius 1 is 1.19 bits per heavy atom. The van der Waals surface area contributed by atoms with Crippen LogP contribution in [0.3, 0.4) is 0 Å². The van der Waals surface area contributed by atoms with Gasteiger partial charge in [0.15, 0.2) is 0 Å². The average Bonchev–Trinajstić information content (AvgIpc) is 2.52. The number of aryl methyl sites for hydroxylation is 1. The Labute approximate surface area is 92.4 Å². The molecule has 1 aromatic heterocycles. The molecule has 86 valence electrons. The lowest BCUT2D eigenvalue weighted by Crippen LogP contribution is -2.05. The summed E-state index contributed by atoms with van der Waals surface area (Å²) in [5, 5.41) is 0. The Bertz CT molecular complexity index is 667. The average molecular weight is 240 g/mol. The molecule has 0 atom stereocenters. The number of benzene rings is 1. The number of sulfone groups is 1. The molecule has 1 heterocycles. The normalized spacial score (nSPS) is 12.1. The number of nitrogens with one attached hydrogen (secondary N) is 2. The van der Waals surface area contributed by atoms with Gasteiger partial charge in [-0.3, -0.25) is 0 Å². The first kappa shape index (κ1) is 10.9. The molecular formula is C10H12N2O3S. The molecule has 0 amide bonds. The van der Waals surface area contributed by atoms with E-state index in [1.807, 2.05) is 6.07 Å². The van der Waals surface area contributed by atoms with Gasteiger partial charge in [0.1, 0.15) is 9.84 Å². The van der Waals surface area contributed by atoms with Crippen LogP contribution >= 0.6 is 0 Å². The number of aromatic amines is 2. The number of hydrogen-bond acceptors (Lipinski definition) is 3. The summed E-state index contributed by atoms with van der Waals surface area (Å²) in [6.45, 7) is 0. The highest BCUT2D eigenvalue weighted by molar-refractivity contribution is 7.90. The fourth-order valence-corrected chi connectivity index (χ4v) is 2.14. The zero-order chi connectivity index (χ0) is 11.8. The van der Waals surface area contributed by atoms with E-state index in [9.17, 15) is 13.2 Å². The fourth-order valence-electron chi connectivity index (χ4n) is 1.54. The van der Waals surface area contributed by atoms with Crippen LogP contribution in [0.4, 0.5) is 0 Å². The largest absolute Gasteiger partial charge is 0.323 e. The van der Waals surface area contributed by atoms with E-state index in [0.29, 0.717) is 11.9 Å². The van der Waals surface area contributed by atoms with Crippen LogP contribution in [-0.4, -0.2) is 30.4 Å². The van der Waals surface area contributed by atoms with Crippen molar-refractivity contribution in [2.24, 2.45) is 0 Å². The van der Waals surface area contributed by atoms with Crippen molar-refractivity contribution in [2.45, 2.75) is 6.42 Å². The number of H-pyrrole nitrogens is 2. The molecule has 2 aromatic rings. The van der Waals surface area contributed by atoms with Crippen LogP contribution in [0, 0.1) is 0 Å². The summed E-state index contributed by atoms with van der Waals surface area (Å²) in [4.78, 5) is 16.3. The molecule has 1 aromatic carbocycles. The molecule has 16 heavy (non-hydrogen) atoms. The maximum absolute atomic E-state index is 11.0. The van der Waals surface area contributed by atoms with Crippen molar-refractivity contribution in [1.29, 1.82) is 0 Å². The molecule has 0 unspecified atom stereocenters. The second kappa shape index (κ2) is 3.79. The molecule has 0 fully saturated rings. The van der Waals surface area contributed by atoms with E-state index in [1.165, 1.54) is 6.26 Å². The summed E-state index contributed by atoms with van der Waals surface area (Å²) in [7, 11) is -2.95. The van der Waals surface area contributed by atoms with Gasteiger partial charge in [0, 0.05) is 6.26 Å². The first-order valence-corrected chi connectivity index (χ1v) is 6.89. The number of hydrogen-bond donors (Lipinski definition) is 2. The van der Waals surface area contributed by atoms with Gasteiger partial charge in [0.25, 0.3) is 0 Å². The summed E-state index contributed by atoms with van der Waals surface area (Å²) in [5.41, 5.74) is 2.08. The molecule has 0 bridgehead atoms. The monoisotopic (exact) mass is 240 g/mol. The molecule has 2 rings (SSSR count). The Hall–Kier alpha value is -1.56. The van der Waals surface area contributed by atoms with Crippen LogP contribution in [-0.2, 0) is 16.3 Å². The first-order valence-electron chi connectivity index (χ1n) is 4.83. The highest BCUT2D eigenvalue weighted by Gasteiger charge is 2.04. The van der Waals surface area contributed by atoms with Gasteiger partial charge >= 0.3 is 5.69 Å². The Kier molecular flexibility index (Phi) is 2.59. The number of imidazole rings is 1. The van der Waals surface area contributed by atoms with E-state index in [2.05, 4.69) is 9.97 Å². The molecular weight excluding hydrogens is 228 g/mol. The van der Waals surface area contributed by atoms with Gasteiger partial charge in [-0.15, -0.1) is 0 Å². The highest BCUT2D eigenvalue weighted by atomic mass is 32.2. The van der Waals surface area contributed by atoms with Crippen LogP contribution < -0.4 is 5.69 Å². The van der Waals surface area contributed by atoms with E-state index in [0.717, 1.165) is 11.1 Å². The van der Waals surface area contributed by atoms with Gasteiger partial charge in [0.2, 0.25) is 0 Å². The zero-order valence-corrected chi connectivity index (χ0v) is 9.60. The number of rotatable bonds is 3. The predicted octanol–water partition coefficient (Wildman–Crippen LogP) is 0.443. The molecule has 0 aliphatic rings. The van der Waals surface area contributed by atoms with Gasteiger partial charge in [-0.1, -0.05) is 6.07 Å². The van der Waals surface area contributed by atoms with E-state index in [-0.39, 0.29) is 11.4 Å². The minimum Gasteiger partial charge on any atom is -0.306 e. The van der Waals surface area contributed by atoms with Crippen molar-refractivity contribution in [3.05, 3.63) is 34.2 Å². The van der Waals surface area contributed by atoms with Crippen LogP contribution in [0.15, 0.2) is 23.0 Å². The lowest BCUT2D eigenvalue weighted by molar-refractivity contribution is 0.601. The summed E-state index contributed by atoms with van der Waals surface area (Å²) in [6, 6.07) is 5.38. The first-order chi connectivity index (χ1) is 7.44. The molecule has 0 radical (unpaired) electrons. The van der Waals surface area contributed by atoms with Gasteiger partial charge in [-0.25, -0.2) is 13.2 Å². The summed E-state index contributed by atoms with van der Waals surface area (Å²) >= 11 is 0. The number of aromatic nitrogens is 2. The second-order valence-corrected chi connectivity index (χ2v) is 6.10. The van der Waals surface area contributed by atoms with Crippen LogP contribution in [0.5, 0.6) is 0 Å². The van der Waals surface area contributed by atoms with Crippen molar-refractivity contribution in [3.63, 3.8) is 0 Å². The maximum Gasteiger partial charge on any atom is 0.323 e. The third-order valence-electron chi connectivity index (χ3n) is 2.34. The minimum atomic E-state index is -2.95. The molecule has 0 spiro atoms. The summed E-state index contributed by atoms with van der Waals surface area (Å²) < 4.78 is 22.0. The van der Waals surface area contributed by atoms with Crippen LogP contribution in [0.25, 0.3) is 11.0 Å². The van der Waals surface area contributed by atoms with Crippen LogP contribution in [0.1, 0.15) is 5.56 Å². The van der Waals surface area contributed by atoms with E-state index in [1.54, 1.807) is 12.1 Å². The van der Waals surface area contributed by atoms with Crippen molar-refractivity contribution in [1.82, 2.24) is 9.97 Å². The molecule has 0 aliphatic heterocycles. The molecule has 2 N–H and O–H groups in total.